The SMILES string of the molecule is CNC(=O)C1CN(c2ccc(C#N)c(C(F)(F)F)c2)CCN1C(=O)c1ccccc1C. The second kappa shape index (κ2) is 8.68. The zero-order chi connectivity index (χ0) is 22.8. The third kappa shape index (κ3) is 4.48. The summed E-state index contributed by atoms with van der Waals surface area (Å²) in [5, 5.41) is 11.5. The van der Waals surface area contributed by atoms with Crippen LogP contribution in [0.1, 0.15) is 27.0 Å². The van der Waals surface area contributed by atoms with Crippen molar-refractivity contribution < 1.29 is 22.8 Å². The molecule has 6 nitrogen and oxygen atoms in total. The van der Waals surface area contributed by atoms with Crippen molar-refractivity contribution >= 4 is 17.5 Å². The number of halogens is 3. The largest absolute Gasteiger partial charge is 0.417 e. The highest BCUT2D eigenvalue weighted by molar-refractivity contribution is 5.99. The lowest BCUT2D eigenvalue weighted by molar-refractivity contribution is -0.137. The number of rotatable bonds is 3. The first-order valence-corrected chi connectivity index (χ1v) is 9.62. The number of nitriles is 1. The average Bonchev–Trinajstić information content (AvgIpc) is 2.77. The first-order chi connectivity index (χ1) is 14.7. The number of hydrogen-bond acceptors (Lipinski definition) is 4. The number of amides is 2. The number of anilines is 1. The summed E-state index contributed by atoms with van der Waals surface area (Å²) in [6, 6.07) is 11.2. The standard InChI is InChI=1S/C22H21F3N4O2/c1-14-5-3-4-6-17(14)21(31)29-10-9-28(13-19(29)20(30)27-2)16-8-7-15(12-26)18(11-16)22(23,24)25/h3-8,11,19H,9-10,13H2,1-2H3,(H,27,30). The Morgan fingerprint density at radius 1 is 1.16 bits per heavy atom. The molecule has 1 fully saturated rings. The van der Waals surface area contributed by atoms with E-state index in [1.54, 1.807) is 36.1 Å². The molecule has 0 saturated carbocycles. The molecule has 3 rings (SSSR count). The van der Waals surface area contributed by atoms with E-state index in [4.69, 9.17) is 5.26 Å². The van der Waals surface area contributed by atoms with Crippen molar-refractivity contribution in [3.8, 4) is 6.07 Å². The molecule has 0 radical (unpaired) electrons. The van der Waals surface area contributed by atoms with Crippen molar-refractivity contribution in [1.82, 2.24) is 10.2 Å². The van der Waals surface area contributed by atoms with Crippen LogP contribution in [-0.4, -0.2) is 49.4 Å². The Morgan fingerprint density at radius 2 is 1.87 bits per heavy atom. The molecule has 162 valence electrons. The number of nitrogens with one attached hydrogen (secondary N) is 1. The van der Waals surface area contributed by atoms with Gasteiger partial charge in [-0.3, -0.25) is 9.59 Å². The first kappa shape index (κ1) is 22.2. The third-order valence-corrected chi connectivity index (χ3v) is 5.36. The molecule has 1 aliphatic heterocycles. The lowest BCUT2D eigenvalue weighted by Gasteiger charge is -2.41. The summed E-state index contributed by atoms with van der Waals surface area (Å²) < 4.78 is 40.0. The fraction of sp³-hybridized carbons (Fsp3) is 0.318. The van der Waals surface area contributed by atoms with Crippen LogP contribution in [0, 0.1) is 18.3 Å². The van der Waals surface area contributed by atoms with E-state index < -0.39 is 29.3 Å². The van der Waals surface area contributed by atoms with Gasteiger partial charge in [0.1, 0.15) is 6.04 Å². The summed E-state index contributed by atoms with van der Waals surface area (Å²) >= 11 is 0. The molecule has 31 heavy (non-hydrogen) atoms. The molecule has 1 unspecified atom stereocenters. The Morgan fingerprint density at radius 3 is 2.48 bits per heavy atom. The van der Waals surface area contributed by atoms with E-state index in [1.165, 1.54) is 18.0 Å². The fourth-order valence-corrected chi connectivity index (χ4v) is 3.68. The Labute approximate surface area is 177 Å². The van der Waals surface area contributed by atoms with E-state index in [2.05, 4.69) is 5.32 Å². The summed E-state index contributed by atoms with van der Waals surface area (Å²) in [5.41, 5.74) is -0.00632. The molecular weight excluding hydrogens is 409 g/mol. The molecule has 0 aromatic heterocycles. The number of piperazine rings is 1. The van der Waals surface area contributed by atoms with Crippen LogP contribution in [0.3, 0.4) is 0 Å². The summed E-state index contributed by atoms with van der Waals surface area (Å²) in [6.07, 6.45) is -4.68. The van der Waals surface area contributed by atoms with Crippen LogP contribution >= 0.6 is 0 Å². The van der Waals surface area contributed by atoms with Gasteiger partial charge < -0.3 is 15.1 Å². The summed E-state index contributed by atoms with van der Waals surface area (Å²) in [7, 11) is 1.45. The van der Waals surface area contributed by atoms with E-state index in [-0.39, 0.29) is 31.2 Å². The molecule has 2 aromatic rings. The maximum Gasteiger partial charge on any atom is 0.417 e. The summed E-state index contributed by atoms with van der Waals surface area (Å²) in [6.45, 7) is 2.23. The van der Waals surface area contributed by atoms with Crippen molar-refractivity contribution in [2.75, 3.05) is 31.6 Å². The van der Waals surface area contributed by atoms with Crippen LogP contribution in [0.5, 0.6) is 0 Å². The van der Waals surface area contributed by atoms with Gasteiger partial charge in [0, 0.05) is 37.9 Å². The molecular formula is C22H21F3N4O2. The quantitative estimate of drug-likeness (QED) is 0.813. The van der Waals surface area contributed by atoms with Crippen molar-refractivity contribution in [1.29, 1.82) is 5.26 Å². The summed E-state index contributed by atoms with van der Waals surface area (Å²) in [5.74, 6) is -0.710. The van der Waals surface area contributed by atoms with Crippen LogP contribution in [0.2, 0.25) is 0 Å². The van der Waals surface area contributed by atoms with Gasteiger partial charge in [-0.15, -0.1) is 0 Å². The second-order valence-corrected chi connectivity index (χ2v) is 7.23. The van der Waals surface area contributed by atoms with Gasteiger partial charge in [-0.2, -0.15) is 18.4 Å². The minimum atomic E-state index is -4.68. The van der Waals surface area contributed by atoms with Gasteiger partial charge >= 0.3 is 6.18 Å². The number of hydrogen-bond donors (Lipinski definition) is 1. The van der Waals surface area contributed by atoms with E-state index in [1.807, 2.05) is 6.07 Å². The molecule has 2 amide bonds. The molecule has 0 bridgehead atoms. The molecule has 1 atom stereocenters. The molecule has 9 heteroatoms. The maximum absolute atomic E-state index is 13.3. The normalized spacial score (nSPS) is 16.6. The van der Waals surface area contributed by atoms with Crippen molar-refractivity contribution in [2.24, 2.45) is 0 Å². The predicted octanol–water partition coefficient (Wildman–Crippen LogP) is 2.96. The number of alkyl halides is 3. The zero-order valence-corrected chi connectivity index (χ0v) is 17.0. The molecule has 0 aliphatic carbocycles. The lowest BCUT2D eigenvalue weighted by atomic mass is 10.0. The van der Waals surface area contributed by atoms with Gasteiger partial charge in [-0.05, 0) is 36.8 Å². The van der Waals surface area contributed by atoms with E-state index >= 15 is 0 Å². The molecule has 1 aliphatic rings. The van der Waals surface area contributed by atoms with Crippen molar-refractivity contribution in [3.63, 3.8) is 0 Å². The predicted molar refractivity (Wildman–Crippen MR) is 108 cm³/mol. The highest BCUT2D eigenvalue weighted by Crippen LogP contribution is 2.35. The fourth-order valence-electron chi connectivity index (χ4n) is 3.68. The molecule has 1 N–H and O–H groups in total. The molecule has 0 spiro atoms. The van der Waals surface area contributed by atoms with Crippen LogP contribution in [-0.2, 0) is 11.0 Å². The van der Waals surface area contributed by atoms with E-state index in [0.717, 1.165) is 17.7 Å². The van der Waals surface area contributed by atoms with Gasteiger partial charge in [0.05, 0.1) is 17.2 Å². The van der Waals surface area contributed by atoms with Crippen molar-refractivity contribution in [3.05, 3.63) is 64.7 Å². The lowest BCUT2D eigenvalue weighted by Crippen LogP contribution is -2.60. The van der Waals surface area contributed by atoms with Crippen LogP contribution < -0.4 is 10.2 Å². The van der Waals surface area contributed by atoms with Crippen LogP contribution in [0.4, 0.5) is 18.9 Å². The molecule has 1 saturated heterocycles. The summed E-state index contributed by atoms with van der Waals surface area (Å²) in [4.78, 5) is 28.7. The topological polar surface area (TPSA) is 76.4 Å². The molecule has 1 heterocycles. The van der Waals surface area contributed by atoms with Crippen LogP contribution in [0.15, 0.2) is 42.5 Å². The van der Waals surface area contributed by atoms with Gasteiger partial charge in [0.15, 0.2) is 0 Å². The number of benzene rings is 2. The van der Waals surface area contributed by atoms with Gasteiger partial charge in [-0.1, -0.05) is 18.2 Å². The Bertz CT molecular complexity index is 1050. The number of likely N-dealkylation sites (N-methyl/N-ethyl adjacent to an activating group) is 1. The minimum absolute atomic E-state index is 0.0283. The Kier molecular flexibility index (Phi) is 6.20. The first-order valence-electron chi connectivity index (χ1n) is 9.62. The van der Waals surface area contributed by atoms with Crippen LogP contribution in [0.25, 0.3) is 0 Å². The number of aryl methyl sites for hydroxylation is 1. The van der Waals surface area contributed by atoms with E-state index in [9.17, 15) is 22.8 Å². The monoisotopic (exact) mass is 430 g/mol. The number of carbonyl (C=O) groups excluding carboxylic acids is 2. The highest BCUT2D eigenvalue weighted by Gasteiger charge is 2.38. The third-order valence-electron chi connectivity index (χ3n) is 5.36. The maximum atomic E-state index is 13.3. The van der Waals surface area contributed by atoms with Crippen molar-refractivity contribution in [2.45, 2.75) is 19.1 Å². The van der Waals surface area contributed by atoms with Gasteiger partial charge in [-0.25, -0.2) is 0 Å². The Hall–Kier alpha value is -3.54. The van der Waals surface area contributed by atoms with Gasteiger partial charge in [0.25, 0.3) is 5.91 Å². The van der Waals surface area contributed by atoms with Gasteiger partial charge in [0.2, 0.25) is 5.91 Å². The van der Waals surface area contributed by atoms with E-state index in [0.29, 0.717) is 5.56 Å². The molecule has 2 aromatic carbocycles. The highest BCUT2D eigenvalue weighted by atomic mass is 19.4. The minimum Gasteiger partial charge on any atom is -0.367 e. The Balaban J connectivity index is 1.92. The number of nitrogens with zero attached hydrogens (tertiary/aromatic N) is 3. The zero-order valence-electron chi connectivity index (χ0n) is 17.0. The smallest absolute Gasteiger partial charge is 0.367 e. The second-order valence-electron chi connectivity index (χ2n) is 7.23. The number of carbonyl (C=O) groups is 2. The average molecular weight is 430 g/mol.